The van der Waals surface area contributed by atoms with Crippen molar-refractivity contribution in [2.24, 2.45) is 17.8 Å². The van der Waals surface area contributed by atoms with E-state index in [1.54, 1.807) is 50.2 Å². The first-order chi connectivity index (χ1) is 21.5. The molecule has 0 radical (unpaired) electrons. The fourth-order valence-electron chi connectivity index (χ4n) is 7.45. The summed E-state index contributed by atoms with van der Waals surface area (Å²) in [5.74, 6) is -4.63. The fraction of sp³-hybridized carbons (Fsp3) is 0.222. The van der Waals surface area contributed by atoms with Crippen LogP contribution in [0.2, 0.25) is 5.02 Å². The molecular formula is C36H27Cl3N2O4. The maximum atomic E-state index is 14.5. The third-order valence-corrected chi connectivity index (χ3v) is 10.8. The van der Waals surface area contributed by atoms with Gasteiger partial charge in [-0.15, -0.1) is 23.2 Å². The van der Waals surface area contributed by atoms with E-state index < -0.39 is 51.3 Å². The number of nitrogens with one attached hydrogen (secondary N) is 1. The predicted molar refractivity (Wildman–Crippen MR) is 174 cm³/mol. The summed E-state index contributed by atoms with van der Waals surface area (Å²) in [4.78, 5) is 55.0. The maximum Gasteiger partial charge on any atom is 0.247 e. The zero-order valence-electron chi connectivity index (χ0n) is 24.3. The molecule has 0 spiro atoms. The molecular weight excluding hydrogens is 631 g/mol. The summed E-state index contributed by atoms with van der Waals surface area (Å²) in [5.41, 5.74) is 3.53. The van der Waals surface area contributed by atoms with Crippen LogP contribution in [0.3, 0.4) is 0 Å². The number of carbonyl (C=O) groups excluding carboxylic acids is 4. The Kier molecular flexibility index (Phi) is 6.97. The lowest BCUT2D eigenvalue weighted by Gasteiger charge is -2.54. The lowest BCUT2D eigenvalue weighted by Crippen LogP contribution is -2.57. The van der Waals surface area contributed by atoms with E-state index in [-0.39, 0.29) is 17.0 Å². The van der Waals surface area contributed by atoms with Gasteiger partial charge in [0, 0.05) is 16.1 Å². The smallest absolute Gasteiger partial charge is 0.247 e. The van der Waals surface area contributed by atoms with Gasteiger partial charge in [-0.1, -0.05) is 104 Å². The van der Waals surface area contributed by atoms with E-state index in [4.69, 9.17) is 34.8 Å². The third-order valence-electron chi connectivity index (χ3n) is 9.32. The van der Waals surface area contributed by atoms with Gasteiger partial charge in [0.1, 0.15) is 15.8 Å². The Morgan fingerprint density at radius 3 is 1.67 bits per heavy atom. The Labute approximate surface area is 275 Å². The number of hydrogen-bond donors (Lipinski definition) is 1. The molecule has 1 N–H and O–H groups in total. The molecule has 4 aliphatic rings. The van der Waals surface area contributed by atoms with E-state index >= 15 is 0 Å². The molecule has 2 bridgehead atoms. The highest BCUT2D eigenvalue weighted by atomic mass is 35.5. The molecule has 8 rings (SSSR count). The molecule has 0 unspecified atom stereocenters. The van der Waals surface area contributed by atoms with Crippen LogP contribution in [0.1, 0.15) is 52.0 Å². The Morgan fingerprint density at radius 1 is 0.733 bits per heavy atom. The second-order valence-electron chi connectivity index (χ2n) is 12.1. The van der Waals surface area contributed by atoms with Crippen LogP contribution in [0.15, 0.2) is 97.1 Å². The highest BCUT2D eigenvalue weighted by Crippen LogP contribution is 2.69. The van der Waals surface area contributed by atoms with Crippen LogP contribution in [0, 0.1) is 17.8 Å². The van der Waals surface area contributed by atoms with Gasteiger partial charge < -0.3 is 5.32 Å². The molecule has 1 aliphatic heterocycles. The van der Waals surface area contributed by atoms with Crippen LogP contribution >= 0.6 is 34.8 Å². The van der Waals surface area contributed by atoms with Crippen molar-refractivity contribution >= 4 is 64.0 Å². The van der Waals surface area contributed by atoms with Crippen molar-refractivity contribution in [1.29, 1.82) is 0 Å². The molecule has 1 fully saturated rings. The van der Waals surface area contributed by atoms with Crippen molar-refractivity contribution in [3.8, 4) is 0 Å². The summed E-state index contributed by atoms with van der Waals surface area (Å²) in [6.07, 6.45) is 0. The number of anilines is 1. The molecule has 1 saturated heterocycles. The summed E-state index contributed by atoms with van der Waals surface area (Å²) in [5, 5.41) is 3.15. The van der Waals surface area contributed by atoms with Gasteiger partial charge in [-0.05, 0) is 46.4 Å². The minimum Gasteiger partial charge on any atom is -0.324 e. The normalized spacial score (nSPS) is 25.1. The number of benzene rings is 4. The number of carbonyl (C=O) groups is 4. The number of alkyl halides is 2. The summed E-state index contributed by atoms with van der Waals surface area (Å²) in [6.45, 7) is 3.52. The van der Waals surface area contributed by atoms with Crippen molar-refractivity contribution in [1.82, 2.24) is 4.90 Å². The first-order valence-corrected chi connectivity index (χ1v) is 15.8. The van der Waals surface area contributed by atoms with Crippen molar-refractivity contribution < 1.29 is 19.2 Å². The molecule has 0 saturated carbocycles. The van der Waals surface area contributed by atoms with Gasteiger partial charge >= 0.3 is 0 Å². The standard InChI is InChI=1S/C36H27Cl3N2O4/c1-19(2)30(32(43)40-27-17-16-21(37)18-22(27)31(42)20-10-4-3-5-11-20)41-33(44)28-29(34(41)45)36(39)24-13-7-6-12-23(24)35(28,38)25-14-8-9-15-26(25)36/h3-19,28-30H,1-2H3,(H,40,43)/t28-,29+,30-,35?,36?/m0/s1. The number of likely N-dealkylation sites (tertiary alicyclic amines) is 1. The summed E-state index contributed by atoms with van der Waals surface area (Å²) >= 11 is 21.4. The SMILES string of the molecule is CC(C)[C@@H](C(=O)Nc1ccc(Cl)cc1C(=O)c1ccccc1)N1C(=O)[C@@H]2[C@H](C1=O)C1(Cl)c3ccccc3C2(Cl)c2ccccc21. The molecule has 3 atom stereocenters. The van der Waals surface area contributed by atoms with Crippen LogP contribution in [-0.2, 0) is 24.1 Å². The van der Waals surface area contributed by atoms with E-state index in [1.807, 2.05) is 48.5 Å². The van der Waals surface area contributed by atoms with E-state index in [0.29, 0.717) is 32.8 Å². The minimum absolute atomic E-state index is 0.181. The van der Waals surface area contributed by atoms with Gasteiger partial charge in [0.25, 0.3) is 0 Å². The number of imide groups is 1. The van der Waals surface area contributed by atoms with Gasteiger partial charge in [0.2, 0.25) is 17.7 Å². The summed E-state index contributed by atoms with van der Waals surface area (Å²) in [6, 6.07) is 26.8. The molecule has 3 amide bonds. The van der Waals surface area contributed by atoms with Crippen LogP contribution in [0.4, 0.5) is 5.69 Å². The number of halogens is 3. The molecule has 3 aliphatic carbocycles. The monoisotopic (exact) mass is 656 g/mol. The molecule has 6 nitrogen and oxygen atoms in total. The summed E-state index contributed by atoms with van der Waals surface area (Å²) in [7, 11) is 0. The molecule has 4 aromatic rings. The van der Waals surface area contributed by atoms with E-state index in [0.717, 1.165) is 4.90 Å². The zero-order valence-corrected chi connectivity index (χ0v) is 26.5. The van der Waals surface area contributed by atoms with E-state index in [1.165, 1.54) is 12.1 Å². The maximum absolute atomic E-state index is 14.5. The average Bonchev–Trinajstić information content (AvgIpc) is 3.31. The van der Waals surface area contributed by atoms with Crippen molar-refractivity contribution in [2.45, 2.75) is 29.6 Å². The lowest BCUT2D eigenvalue weighted by molar-refractivity contribution is -0.148. The highest BCUT2D eigenvalue weighted by molar-refractivity contribution is 6.36. The third kappa shape index (κ3) is 4.09. The molecule has 0 aromatic heterocycles. The largest absolute Gasteiger partial charge is 0.324 e. The number of rotatable bonds is 6. The number of amides is 3. The molecule has 1 heterocycles. The minimum atomic E-state index is -1.36. The second kappa shape index (κ2) is 10.5. The van der Waals surface area contributed by atoms with E-state index in [9.17, 15) is 19.2 Å². The number of ketones is 1. The number of hydrogen-bond acceptors (Lipinski definition) is 4. The summed E-state index contributed by atoms with van der Waals surface area (Å²) < 4.78 is 0. The molecule has 4 aromatic carbocycles. The highest BCUT2D eigenvalue weighted by Gasteiger charge is 2.73. The van der Waals surface area contributed by atoms with E-state index in [2.05, 4.69) is 5.32 Å². The average molecular weight is 658 g/mol. The topological polar surface area (TPSA) is 83.6 Å². The quantitative estimate of drug-likeness (QED) is 0.136. The molecule has 226 valence electrons. The second-order valence-corrected chi connectivity index (χ2v) is 13.7. The Bertz CT molecular complexity index is 1800. The fourth-order valence-corrected chi connectivity index (χ4v) is 8.72. The Morgan fingerprint density at radius 2 is 1.20 bits per heavy atom. The first-order valence-electron chi connectivity index (χ1n) is 14.7. The van der Waals surface area contributed by atoms with Crippen LogP contribution in [0.25, 0.3) is 0 Å². The van der Waals surface area contributed by atoms with Gasteiger partial charge in [0.15, 0.2) is 5.78 Å². The van der Waals surface area contributed by atoms with Gasteiger partial charge in [-0.25, -0.2) is 0 Å². The molecule has 45 heavy (non-hydrogen) atoms. The van der Waals surface area contributed by atoms with Crippen molar-refractivity contribution in [3.05, 3.63) is 135 Å². The Balaban J connectivity index is 1.30. The predicted octanol–water partition coefficient (Wildman–Crippen LogP) is 7.13. The van der Waals surface area contributed by atoms with Gasteiger partial charge in [-0.3, -0.25) is 24.1 Å². The van der Waals surface area contributed by atoms with Crippen molar-refractivity contribution in [2.75, 3.05) is 5.32 Å². The van der Waals surface area contributed by atoms with Gasteiger partial charge in [-0.2, -0.15) is 0 Å². The first kappa shape index (κ1) is 29.7. The van der Waals surface area contributed by atoms with Crippen LogP contribution in [-0.4, -0.2) is 34.4 Å². The van der Waals surface area contributed by atoms with Gasteiger partial charge in [0.05, 0.1) is 17.5 Å². The van der Waals surface area contributed by atoms with Crippen molar-refractivity contribution in [3.63, 3.8) is 0 Å². The van der Waals surface area contributed by atoms with Crippen LogP contribution < -0.4 is 5.32 Å². The number of nitrogens with zero attached hydrogens (tertiary/aromatic N) is 1. The Hall–Kier alpha value is -3.97. The molecule has 9 heteroatoms. The van der Waals surface area contributed by atoms with Crippen LogP contribution in [0.5, 0.6) is 0 Å². The zero-order chi connectivity index (χ0) is 31.8. The lowest BCUT2D eigenvalue weighted by atomic mass is 9.54.